The largest absolute Gasteiger partial charge is 0.368 e. The molecule has 2 N–H and O–H groups in total. The van der Waals surface area contributed by atoms with E-state index >= 15 is 0 Å². The molecule has 3 aromatic rings. The van der Waals surface area contributed by atoms with Crippen LogP contribution in [0.5, 0.6) is 0 Å². The lowest BCUT2D eigenvalue weighted by molar-refractivity contribution is 1.12. The monoisotopic (exact) mass is 301 g/mol. The molecule has 0 atom stereocenters. The zero-order chi connectivity index (χ0) is 13.9. The summed E-state index contributed by atoms with van der Waals surface area (Å²) >= 11 is 7.53. The number of nitrogen functional groups attached to an aromatic ring is 1. The Morgan fingerprint density at radius 3 is 2.55 bits per heavy atom. The number of aromatic nitrogens is 2. The summed E-state index contributed by atoms with van der Waals surface area (Å²) in [6.45, 7) is 0. The second-order valence-electron chi connectivity index (χ2n) is 4.32. The van der Waals surface area contributed by atoms with Crippen molar-refractivity contribution in [1.29, 1.82) is 0 Å². The molecule has 0 aliphatic carbocycles. The van der Waals surface area contributed by atoms with Gasteiger partial charge in [0.2, 0.25) is 5.95 Å². The van der Waals surface area contributed by atoms with E-state index < -0.39 is 0 Å². The van der Waals surface area contributed by atoms with Gasteiger partial charge in [0.25, 0.3) is 0 Å². The fraction of sp³-hybridized carbons (Fsp3) is 0.0667. The van der Waals surface area contributed by atoms with Gasteiger partial charge in [-0.3, -0.25) is 0 Å². The zero-order valence-electron chi connectivity index (χ0n) is 10.6. The normalized spacial score (nSPS) is 10.8. The number of thioether (sulfide) groups is 1. The lowest BCUT2D eigenvalue weighted by Crippen LogP contribution is -1.97. The predicted octanol–water partition coefficient (Wildman–Crippen LogP) is 4.16. The highest BCUT2D eigenvalue weighted by molar-refractivity contribution is 7.98. The number of hydrogen-bond acceptors (Lipinski definition) is 4. The Kier molecular flexibility index (Phi) is 3.76. The molecule has 1 heterocycles. The van der Waals surface area contributed by atoms with Crippen molar-refractivity contribution in [1.82, 2.24) is 9.97 Å². The Morgan fingerprint density at radius 2 is 1.75 bits per heavy atom. The van der Waals surface area contributed by atoms with Crippen molar-refractivity contribution in [3.8, 4) is 0 Å². The Bertz CT molecular complexity index is 744. The molecular weight excluding hydrogens is 290 g/mol. The second-order valence-corrected chi connectivity index (χ2v) is 5.72. The summed E-state index contributed by atoms with van der Waals surface area (Å²) in [6, 6.07) is 15.7. The topological polar surface area (TPSA) is 51.8 Å². The van der Waals surface area contributed by atoms with Gasteiger partial charge in [-0.15, -0.1) is 11.8 Å². The van der Waals surface area contributed by atoms with E-state index in [2.05, 4.69) is 9.97 Å². The summed E-state index contributed by atoms with van der Waals surface area (Å²) in [5.41, 5.74) is 7.83. The van der Waals surface area contributed by atoms with E-state index in [-0.39, 0.29) is 0 Å². The number of nitrogens with two attached hydrogens (primary N) is 1. The third kappa shape index (κ3) is 2.86. The average molecular weight is 302 g/mol. The maximum atomic E-state index is 5.88. The lowest BCUT2D eigenvalue weighted by atomic mass is 10.2. The summed E-state index contributed by atoms with van der Waals surface area (Å²) in [7, 11) is 0. The highest BCUT2D eigenvalue weighted by Crippen LogP contribution is 2.28. The SMILES string of the molecule is Nc1nc(SCc2ccc(Cl)cc2)c2ccccc2n1. The first-order valence-electron chi connectivity index (χ1n) is 6.12. The van der Waals surface area contributed by atoms with E-state index in [1.165, 1.54) is 5.56 Å². The van der Waals surface area contributed by atoms with Gasteiger partial charge < -0.3 is 5.73 Å². The van der Waals surface area contributed by atoms with Crippen LogP contribution in [0.3, 0.4) is 0 Å². The molecule has 0 bridgehead atoms. The fourth-order valence-corrected chi connectivity index (χ4v) is 3.02. The molecule has 3 nitrogen and oxygen atoms in total. The summed E-state index contributed by atoms with van der Waals surface area (Å²) in [4.78, 5) is 8.58. The molecule has 0 spiro atoms. The molecule has 0 fully saturated rings. The van der Waals surface area contributed by atoms with Gasteiger partial charge in [-0.05, 0) is 23.8 Å². The summed E-state index contributed by atoms with van der Waals surface area (Å²) in [5, 5.41) is 2.68. The van der Waals surface area contributed by atoms with Gasteiger partial charge in [-0.25, -0.2) is 9.97 Å². The molecular formula is C15H12ClN3S. The van der Waals surface area contributed by atoms with E-state index in [9.17, 15) is 0 Å². The quantitative estimate of drug-likeness (QED) is 0.583. The molecule has 0 radical (unpaired) electrons. The van der Waals surface area contributed by atoms with Crippen LogP contribution >= 0.6 is 23.4 Å². The van der Waals surface area contributed by atoms with Gasteiger partial charge in [0.1, 0.15) is 5.03 Å². The molecule has 0 saturated heterocycles. The number of nitrogens with zero attached hydrogens (tertiary/aromatic N) is 2. The molecule has 20 heavy (non-hydrogen) atoms. The number of fused-ring (bicyclic) bond motifs is 1. The first-order valence-corrected chi connectivity index (χ1v) is 7.48. The highest BCUT2D eigenvalue weighted by Gasteiger charge is 2.06. The minimum atomic E-state index is 0.308. The van der Waals surface area contributed by atoms with Crippen LogP contribution in [0, 0.1) is 0 Å². The first kappa shape index (κ1) is 13.2. The standard InChI is InChI=1S/C15H12ClN3S/c16-11-7-5-10(6-8-11)9-20-14-12-3-1-2-4-13(12)18-15(17)19-14/h1-8H,9H2,(H2,17,18,19). The molecule has 1 aromatic heterocycles. The Morgan fingerprint density at radius 1 is 1.00 bits per heavy atom. The van der Waals surface area contributed by atoms with Crippen LogP contribution in [-0.2, 0) is 5.75 Å². The van der Waals surface area contributed by atoms with E-state index in [1.807, 2.05) is 48.5 Å². The number of benzene rings is 2. The Hall–Kier alpha value is -1.78. The maximum Gasteiger partial charge on any atom is 0.221 e. The van der Waals surface area contributed by atoms with Gasteiger partial charge in [-0.2, -0.15) is 0 Å². The fourth-order valence-electron chi connectivity index (χ4n) is 1.91. The molecule has 5 heteroatoms. The van der Waals surface area contributed by atoms with Crippen molar-refractivity contribution in [2.75, 3.05) is 5.73 Å². The Labute approximate surface area is 126 Å². The summed E-state index contributed by atoms with van der Waals surface area (Å²) in [5.74, 6) is 1.12. The number of hydrogen-bond donors (Lipinski definition) is 1. The van der Waals surface area contributed by atoms with E-state index in [0.29, 0.717) is 5.95 Å². The van der Waals surface area contributed by atoms with Gasteiger partial charge in [0, 0.05) is 16.2 Å². The number of para-hydroxylation sites is 1. The minimum absolute atomic E-state index is 0.308. The van der Waals surface area contributed by atoms with Crippen molar-refractivity contribution in [2.45, 2.75) is 10.8 Å². The first-order chi connectivity index (χ1) is 9.72. The van der Waals surface area contributed by atoms with Crippen molar-refractivity contribution in [3.05, 3.63) is 59.1 Å². The highest BCUT2D eigenvalue weighted by atomic mass is 35.5. The van der Waals surface area contributed by atoms with Crippen LogP contribution < -0.4 is 5.73 Å². The molecule has 0 unspecified atom stereocenters. The van der Waals surface area contributed by atoms with Crippen molar-refractivity contribution in [3.63, 3.8) is 0 Å². The van der Waals surface area contributed by atoms with E-state index in [0.717, 1.165) is 26.7 Å². The van der Waals surface area contributed by atoms with Crippen molar-refractivity contribution < 1.29 is 0 Å². The predicted molar refractivity (Wildman–Crippen MR) is 85.0 cm³/mol. The van der Waals surface area contributed by atoms with Crippen LogP contribution in [0.15, 0.2) is 53.6 Å². The lowest BCUT2D eigenvalue weighted by Gasteiger charge is -2.06. The molecule has 3 rings (SSSR count). The van der Waals surface area contributed by atoms with Crippen LogP contribution in [0.1, 0.15) is 5.56 Å². The number of rotatable bonds is 3. The van der Waals surface area contributed by atoms with Gasteiger partial charge in [-0.1, -0.05) is 41.9 Å². The second kappa shape index (κ2) is 5.69. The van der Waals surface area contributed by atoms with Crippen molar-refractivity contribution in [2.24, 2.45) is 0 Å². The van der Waals surface area contributed by atoms with Crippen molar-refractivity contribution >= 4 is 40.2 Å². The van der Waals surface area contributed by atoms with Gasteiger partial charge in [0.05, 0.1) is 5.52 Å². The molecule has 0 saturated carbocycles. The van der Waals surface area contributed by atoms with Crippen LogP contribution in [0.2, 0.25) is 5.02 Å². The van der Waals surface area contributed by atoms with E-state index in [1.54, 1.807) is 11.8 Å². The summed E-state index contributed by atoms with van der Waals surface area (Å²) in [6.07, 6.45) is 0. The van der Waals surface area contributed by atoms with E-state index in [4.69, 9.17) is 17.3 Å². The molecule has 100 valence electrons. The molecule has 0 amide bonds. The number of anilines is 1. The van der Waals surface area contributed by atoms with Gasteiger partial charge >= 0.3 is 0 Å². The maximum absolute atomic E-state index is 5.88. The molecule has 0 aliphatic heterocycles. The molecule has 0 aliphatic rings. The third-order valence-corrected chi connectivity index (χ3v) is 4.19. The van der Waals surface area contributed by atoms with Crippen LogP contribution in [-0.4, -0.2) is 9.97 Å². The van der Waals surface area contributed by atoms with Crippen LogP contribution in [0.25, 0.3) is 10.9 Å². The smallest absolute Gasteiger partial charge is 0.221 e. The molecule has 2 aromatic carbocycles. The summed E-state index contributed by atoms with van der Waals surface area (Å²) < 4.78 is 0. The van der Waals surface area contributed by atoms with Crippen LogP contribution in [0.4, 0.5) is 5.95 Å². The minimum Gasteiger partial charge on any atom is -0.368 e. The van der Waals surface area contributed by atoms with Gasteiger partial charge in [0.15, 0.2) is 0 Å². The average Bonchev–Trinajstić information content (AvgIpc) is 2.46. The number of halogens is 1. The zero-order valence-corrected chi connectivity index (χ0v) is 12.2. The third-order valence-electron chi connectivity index (χ3n) is 2.87. The Balaban J connectivity index is 1.88.